The number of benzene rings is 2. The molecule has 1 heterocycles. The van der Waals surface area contributed by atoms with Crippen molar-refractivity contribution < 1.29 is 0 Å². The maximum absolute atomic E-state index is 3.49. The lowest BCUT2D eigenvalue weighted by molar-refractivity contribution is 0.462. The topological polar surface area (TPSA) is 12.0 Å². The minimum absolute atomic E-state index is 0.703. The molecule has 1 nitrogen and oxygen atoms in total. The number of hydrogen-bond donors (Lipinski definition) is 1. The molecule has 1 heteroatoms. The van der Waals surface area contributed by atoms with Crippen molar-refractivity contribution in [3.8, 4) is 0 Å². The lowest BCUT2D eigenvalue weighted by Gasteiger charge is -2.23. The van der Waals surface area contributed by atoms with Crippen molar-refractivity contribution in [2.75, 3.05) is 13.1 Å². The molecule has 1 aliphatic rings. The third-order valence-electron chi connectivity index (χ3n) is 3.79. The Kier molecular flexibility index (Phi) is 2.86. The van der Waals surface area contributed by atoms with E-state index >= 15 is 0 Å². The van der Waals surface area contributed by atoms with E-state index in [2.05, 4.69) is 48.6 Å². The van der Waals surface area contributed by atoms with Crippen LogP contribution in [-0.2, 0) is 0 Å². The molecule has 0 bridgehead atoms. The maximum Gasteiger partial charge on any atom is 0.00201 e. The van der Waals surface area contributed by atoms with Gasteiger partial charge in [-0.1, -0.05) is 42.0 Å². The van der Waals surface area contributed by atoms with E-state index in [9.17, 15) is 0 Å². The van der Waals surface area contributed by atoms with Gasteiger partial charge in [0.1, 0.15) is 0 Å². The van der Waals surface area contributed by atoms with Gasteiger partial charge in [-0.3, -0.25) is 0 Å². The van der Waals surface area contributed by atoms with Gasteiger partial charge in [0, 0.05) is 6.54 Å². The predicted octanol–water partition coefficient (Wildman–Crippen LogP) is 3.62. The number of rotatable bonds is 1. The van der Waals surface area contributed by atoms with E-state index in [4.69, 9.17) is 0 Å². The van der Waals surface area contributed by atoms with Gasteiger partial charge >= 0.3 is 0 Å². The van der Waals surface area contributed by atoms with Crippen LogP contribution in [0.2, 0.25) is 0 Å². The number of nitrogens with one attached hydrogen (secondary N) is 1. The Bertz CT molecular complexity index is 524. The van der Waals surface area contributed by atoms with E-state index in [1.165, 1.54) is 41.3 Å². The Hall–Kier alpha value is -1.34. The quantitative estimate of drug-likeness (QED) is 0.781. The summed E-state index contributed by atoms with van der Waals surface area (Å²) >= 11 is 0. The summed E-state index contributed by atoms with van der Waals surface area (Å²) in [6.07, 6.45) is 2.63. The molecule has 0 spiro atoms. The third kappa shape index (κ3) is 2.20. The van der Waals surface area contributed by atoms with Crippen molar-refractivity contribution in [1.29, 1.82) is 0 Å². The highest BCUT2D eigenvalue weighted by molar-refractivity contribution is 5.83. The molecule has 1 saturated heterocycles. The molecule has 0 aliphatic carbocycles. The molecule has 0 amide bonds. The van der Waals surface area contributed by atoms with E-state index in [0.29, 0.717) is 5.92 Å². The number of hydrogen-bond acceptors (Lipinski definition) is 1. The second-order valence-electron chi connectivity index (χ2n) is 5.15. The highest BCUT2D eigenvalue weighted by Gasteiger charge is 2.14. The van der Waals surface area contributed by atoms with E-state index in [1.807, 2.05) is 0 Å². The van der Waals surface area contributed by atoms with E-state index in [1.54, 1.807) is 0 Å². The van der Waals surface area contributed by atoms with E-state index in [-0.39, 0.29) is 0 Å². The Morgan fingerprint density at radius 3 is 2.71 bits per heavy atom. The van der Waals surface area contributed by atoms with Crippen molar-refractivity contribution in [2.24, 2.45) is 0 Å². The molecule has 88 valence electrons. The normalized spacial score (nSPS) is 20.6. The number of piperidine rings is 1. The van der Waals surface area contributed by atoms with Crippen molar-refractivity contribution in [3.05, 3.63) is 47.5 Å². The molecular formula is C16H19N. The Balaban J connectivity index is 1.98. The van der Waals surface area contributed by atoms with Crippen molar-refractivity contribution >= 4 is 10.8 Å². The van der Waals surface area contributed by atoms with Crippen LogP contribution in [0, 0.1) is 6.92 Å². The SMILES string of the molecule is Cc1ccc2cc(C3CCCNC3)ccc2c1. The molecule has 0 saturated carbocycles. The molecular weight excluding hydrogens is 206 g/mol. The summed E-state index contributed by atoms with van der Waals surface area (Å²) in [5.41, 5.74) is 2.83. The van der Waals surface area contributed by atoms with Crippen molar-refractivity contribution in [1.82, 2.24) is 5.32 Å². The first kappa shape index (κ1) is 10.8. The summed E-state index contributed by atoms with van der Waals surface area (Å²) in [5.74, 6) is 0.703. The Morgan fingerprint density at radius 1 is 1.06 bits per heavy atom. The molecule has 17 heavy (non-hydrogen) atoms. The molecule has 2 aromatic carbocycles. The third-order valence-corrected chi connectivity index (χ3v) is 3.79. The Labute approximate surface area is 103 Å². The van der Waals surface area contributed by atoms with Crippen molar-refractivity contribution in [2.45, 2.75) is 25.7 Å². The average Bonchev–Trinajstić information content (AvgIpc) is 2.39. The molecule has 0 radical (unpaired) electrons. The molecule has 1 fully saturated rings. The van der Waals surface area contributed by atoms with Gasteiger partial charge in [-0.15, -0.1) is 0 Å². The number of fused-ring (bicyclic) bond motifs is 1. The molecule has 0 aromatic heterocycles. The van der Waals surface area contributed by atoms with Crippen LogP contribution in [0.5, 0.6) is 0 Å². The lowest BCUT2D eigenvalue weighted by atomic mass is 9.90. The fourth-order valence-electron chi connectivity index (χ4n) is 2.77. The van der Waals surface area contributed by atoms with Gasteiger partial charge in [0.05, 0.1) is 0 Å². The smallest absolute Gasteiger partial charge is 0.00201 e. The lowest BCUT2D eigenvalue weighted by Crippen LogP contribution is -2.28. The predicted molar refractivity (Wildman–Crippen MR) is 73.5 cm³/mol. The van der Waals surface area contributed by atoms with Gasteiger partial charge in [0.2, 0.25) is 0 Å². The van der Waals surface area contributed by atoms with Gasteiger partial charge in [0.25, 0.3) is 0 Å². The molecule has 1 atom stereocenters. The summed E-state index contributed by atoms with van der Waals surface area (Å²) in [6.45, 7) is 4.47. The first-order valence-corrected chi connectivity index (χ1v) is 6.54. The van der Waals surface area contributed by atoms with Crippen LogP contribution in [0.4, 0.5) is 0 Å². The monoisotopic (exact) mass is 225 g/mol. The van der Waals surface area contributed by atoms with Crippen LogP contribution >= 0.6 is 0 Å². The van der Waals surface area contributed by atoms with Crippen LogP contribution in [0.3, 0.4) is 0 Å². The molecule has 1 aliphatic heterocycles. The van der Waals surface area contributed by atoms with Crippen LogP contribution in [0.15, 0.2) is 36.4 Å². The summed E-state index contributed by atoms with van der Waals surface area (Å²) in [5, 5.41) is 6.22. The summed E-state index contributed by atoms with van der Waals surface area (Å²) in [7, 11) is 0. The van der Waals surface area contributed by atoms with E-state index in [0.717, 1.165) is 6.54 Å². The molecule has 3 rings (SSSR count). The van der Waals surface area contributed by atoms with Crippen LogP contribution in [-0.4, -0.2) is 13.1 Å². The molecule has 2 aromatic rings. The fraction of sp³-hybridized carbons (Fsp3) is 0.375. The average molecular weight is 225 g/mol. The van der Waals surface area contributed by atoms with Gasteiger partial charge in [-0.05, 0) is 48.6 Å². The minimum Gasteiger partial charge on any atom is -0.316 e. The fourth-order valence-corrected chi connectivity index (χ4v) is 2.77. The van der Waals surface area contributed by atoms with Gasteiger partial charge in [0.15, 0.2) is 0 Å². The minimum atomic E-state index is 0.703. The van der Waals surface area contributed by atoms with Gasteiger partial charge < -0.3 is 5.32 Å². The van der Waals surface area contributed by atoms with Crippen molar-refractivity contribution in [3.63, 3.8) is 0 Å². The zero-order valence-electron chi connectivity index (χ0n) is 10.4. The Morgan fingerprint density at radius 2 is 1.88 bits per heavy atom. The first-order valence-electron chi connectivity index (χ1n) is 6.54. The highest BCUT2D eigenvalue weighted by Crippen LogP contribution is 2.26. The largest absolute Gasteiger partial charge is 0.316 e. The standard InChI is InChI=1S/C16H19N/c1-12-4-5-14-10-15(7-6-13(14)9-12)16-3-2-8-17-11-16/h4-7,9-10,16-17H,2-3,8,11H2,1H3. The van der Waals surface area contributed by atoms with Gasteiger partial charge in [-0.25, -0.2) is 0 Å². The summed E-state index contributed by atoms with van der Waals surface area (Å²) < 4.78 is 0. The van der Waals surface area contributed by atoms with Gasteiger partial charge in [-0.2, -0.15) is 0 Å². The van der Waals surface area contributed by atoms with Crippen LogP contribution in [0.1, 0.15) is 29.9 Å². The van der Waals surface area contributed by atoms with E-state index < -0.39 is 0 Å². The summed E-state index contributed by atoms with van der Waals surface area (Å²) in [4.78, 5) is 0. The zero-order chi connectivity index (χ0) is 11.7. The second-order valence-corrected chi connectivity index (χ2v) is 5.15. The van der Waals surface area contributed by atoms with Crippen LogP contribution < -0.4 is 5.32 Å². The second kappa shape index (κ2) is 4.50. The first-order chi connectivity index (χ1) is 8.33. The maximum atomic E-state index is 3.49. The summed E-state index contributed by atoms with van der Waals surface area (Å²) in [6, 6.07) is 13.6. The molecule has 1 N–H and O–H groups in total. The van der Waals surface area contributed by atoms with Crippen LogP contribution in [0.25, 0.3) is 10.8 Å². The zero-order valence-corrected chi connectivity index (χ0v) is 10.4. The highest BCUT2D eigenvalue weighted by atomic mass is 14.9. The number of aryl methyl sites for hydroxylation is 1. The molecule has 1 unspecified atom stereocenters.